The van der Waals surface area contributed by atoms with Gasteiger partial charge < -0.3 is 4.90 Å². The Morgan fingerprint density at radius 2 is 1.83 bits per heavy atom. The molecule has 7 nitrogen and oxygen atoms in total. The second-order valence-corrected chi connectivity index (χ2v) is 8.95. The maximum absolute atomic E-state index is 13.3. The van der Waals surface area contributed by atoms with Crippen molar-refractivity contribution in [3.05, 3.63) is 51.2 Å². The Kier molecular flexibility index (Phi) is 6.67. The van der Waals surface area contributed by atoms with Gasteiger partial charge in [0.2, 0.25) is 5.91 Å². The van der Waals surface area contributed by atoms with Gasteiger partial charge in [-0.05, 0) is 71.9 Å². The molecule has 2 aromatic heterocycles. The van der Waals surface area contributed by atoms with E-state index in [0.717, 1.165) is 28.7 Å². The first-order chi connectivity index (χ1) is 14.2. The fraction of sp³-hybridized carbons (Fsp3) is 0.455. The van der Waals surface area contributed by atoms with Gasteiger partial charge in [0.15, 0.2) is 5.13 Å². The van der Waals surface area contributed by atoms with E-state index in [9.17, 15) is 9.59 Å². The van der Waals surface area contributed by atoms with Crippen molar-refractivity contribution in [1.82, 2.24) is 19.4 Å². The number of thiazole rings is 1. The maximum atomic E-state index is 13.3. The fourth-order valence-electron chi connectivity index (χ4n) is 3.22. The van der Waals surface area contributed by atoms with E-state index < -0.39 is 0 Å². The summed E-state index contributed by atoms with van der Waals surface area (Å²) in [6, 6.07) is 4.14. The summed E-state index contributed by atoms with van der Waals surface area (Å²) in [5.41, 5.74) is 4.31. The number of nitrogens with zero attached hydrogens (tertiary/aromatic N) is 5. The number of carbonyl (C=O) groups is 1. The molecule has 8 heteroatoms. The lowest BCUT2D eigenvalue weighted by Gasteiger charge is -2.21. The molecule has 0 unspecified atom stereocenters. The molecule has 0 saturated carbocycles. The second-order valence-electron chi connectivity index (χ2n) is 7.94. The van der Waals surface area contributed by atoms with Crippen LogP contribution in [0.25, 0.3) is 10.2 Å². The van der Waals surface area contributed by atoms with Crippen molar-refractivity contribution in [3.8, 4) is 0 Å². The molecule has 0 radical (unpaired) electrons. The lowest BCUT2D eigenvalue weighted by Crippen LogP contribution is -2.38. The van der Waals surface area contributed by atoms with E-state index >= 15 is 0 Å². The van der Waals surface area contributed by atoms with Crippen LogP contribution in [0.2, 0.25) is 0 Å². The normalized spacial score (nSPS) is 11.4. The van der Waals surface area contributed by atoms with Crippen LogP contribution in [0.4, 0.5) is 5.13 Å². The third kappa shape index (κ3) is 4.60. The number of aromatic nitrogens is 3. The standard InChI is InChI=1S/C22H29N5O2S/c1-14-8-9-18-20(15(14)2)24-22(30-18)27(11-7-10-25(5)6)19(28)12-26-13-23-17(4)16(3)21(26)29/h8-9,13H,7,10-12H2,1-6H3. The van der Waals surface area contributed by atoms with Crippen LogP contribution in [-0.2, 0) is 11.3 Å². The van der Waals surface area contributed by atoms with Gasteiger partial charge in [0, 0.05) is 17.8 Å². The van der Waals surface area contributed by atoms with Crippen molar-refractivity contribution >= 4 is 32.6 Å². The Labute approximate surface area is 181 Å². The van der Waals surface area contributed by atoms with Crippen molar-refractivity contribution < 1.29 is 4.79 Å². The third-order valence-corrected chi connectivity index (χ3v) is 6.46. The first kappa shape index (κ1) is 22.1. The van der Waals surface area contributed by atoms with Crippen molar-refractivity contribution in [1.29, 1.82) is 0 Å². The van der Waals surface area contributed by atoms with Gasteiger partial charge in [0.25, 0.3) is 5.56 Å². The van der Waals surface area contributed by atoms with Gasteiger partial charge >= 0.3 is 0 Å². The largest absolute Gasteiger partial charge is 0.309 e. The number of anilines is 1. The lowest BCUT2D eigenvalue weighted by atomic mass is 10.1. The van der Waals surface area contributed by atoms with E-state index in [2.05, 4.69) is 35.9 Å². The lowest BCUT2D eigenvalue weighted by molar-refractivity contribution is -0.119. The number of hydrogen-bond acceptors (Lipinski definition) is 6. The van der Waals surface area contributed by atoms with E-state index in [1.807, 2.05) is 14.1 Å². The molecule has 0 aliphatic carbocycles. The van der Waals surface area contributed by atoms with Crippen LogP contribution in [0.15, 0.2) is 23.3 Å². The fourth-order valence-corrected chi connectivity index (χ4v) is 4.29. The van der Waals surface area contributed by atoms with Crippen LogP contribution >= 0.6 is 11.3 Å². The van der Waals surface area contributed by atoms with Crippen LogP contribution in [0.5, 0.6) is 0 Å². The first-order valence-electron chi connectivity index (χ1n) is 10.0. The zero-order valence-electron chi connectivity index (χ0n) is 18.5. The van der Waals surface area contributed by atoms with Crippen molar-refractivity contribution in [2.75, 3.05) is 32.1 Å². The molecule has 30 heavy (non-hydrogen) atoms. The number of aryl methyl sites for hydroxylation is 3. The van der Waals surface area contributed by atoms with Crippen LogP contribution in [0, 0.1) is 27.7 Å². The molecule has 160 valence electrons. The summed E-state index contributed by atoms with van der Waals surface area (Å²) in [6.45, 7) is 9.00. The average Bonchev–Trinajstić information content (AvgIpc) is 3.13. The van der Waals surface area contributed by atoms with Gasteiger partial charge in [-0.25, -0.2) is 9.97 Å². The first-order valence-corrected chi connectivity index (χ1v) is 10.8. The Bertz CT molecular complexity index is 1130. The summed E-state index contributed by atoms with van der Waals surface area (Å²) in [5.74, 6) is -0.158. The number of benzene rings is 1. The molecule has 0 N–H and O–H groups in total. The highest BCUT2D eigenvalue weighted by molar-refractivity contribution is 7.22. The summed E-state index contributed by atoms with van der Waals surface area (Å²) in [5, 5.41) is 0.673. The molecule has 0 spiro atoms. The molecule has 2 heterocycles. The molecule has 1 aromatic carbocycles. The van der Waals surface area contributed by atoms with Gasteiger partial charge in [-0.3, -0.25) is 19.1 Å². The molecular weight excluding hydrogens is 398 g/mol. The Balaban J connectivity index is 1.94. The number of fused-ring (bicyclic) bond motifs is 1. The second kappa shape index (κ2) is 9.06. The van der Waals surface area contributed by atoms with E-state index in [-0.39, 0.29) is 18.0 Å². The quantitative estimate of drug-likeness (QED) is 0.580. The number of amides is 1. The van der Waals surface area contributed by atoms with Crippen LogP contribution in [0.1, 0.15) is 28.8 Å². The highest BCUT2D eigenvalue weighted by Crippen LogP contribution is 2.32. The summed E-state index contributed by atoms with van der Waals surface area (Å²) < 4.78 is 2.44. The molecule has 1 amide bonds. The average molecular weight is 428 g/mol. The third-order valence-electron chi connectivity index (χ3n) is 5.41. The molecule has 0 fully saturated rings. The molecule has 3 rings (SSSR count). The molecular formula is C22H29N5O2S. The van der Waals surface area contributed by atoms with Gasteiger partial charge in [-0.2, -0.15) is 0 Å². The smallest absolute Gasteiger partial charge is 0.256 e. The van der Waals surface area contributed by atoms with Crippen molar-refractivity contribution in [2.45, 2.75) is 40.7 Å². The molecule has 0 atom stereocenters. The van der Waals surface area contributed by atoms with E-state index in [1.54, 1.807) is 18.7 Å². The number of carbonyl (C=O) groups excluding carboxylic acids is 1. The summed E-state index contributed by atoms with van der Waals surface area (Å²) in [7, 11) is 4.02. The van der Waals surface area contributed by atoms with Crippen LogP contribution < -0.4 is 10.5 Å². The SMILES string of the molecule is Cc1ccc2sc(N(CCCN(C)C)C(=O)Cn3cnc(C)c(C)c3=O)nc2c1C. The van der Waals surface area contributed by atoms with Gasteiger partial charge in [-0.15, -0.1) is 0 Å². The van der Waals surface area contributed by atoms with Crippen molar-refractivity contribution in [2.24, 2.45) is 0 Å². The van der Waals surface area contributed by atoms with Gasteiger partial charge in [0.05, 0.1) is 16.5 Å². The predicted octanol–water partition coefficient (Wildman–Crippen LogP) is 3.07. The van der Waals surface area contributed by atoms with E-state index in [1.165, 1.54) is 27.8 Å². The highest BCUT2D eigenvalue weighted by Gasteiger charge is 2.21. The summed E-state index contributed by atoms with van der Waals surface area (Å²) in [6.07, 6.45) is 2.26. The number of rotatable bonds is 7. The maximum Gasteiger partial charge on any atom is 0.256 e. The predicted molar refractivity (Wildman–Crippen MR) is 123 cm³/mol. The zero-order valence-corrected chi connectivity index (χ0v) is 19.3. The number of hydrogen-bond donors (Lipinski definition) is 0. The Morgan fingerprint density at radius 3 is 2.53 bits per heavy atom. The monoisotopic (exact) mass is 427 g/mol. The molecule has 0 aliphatic heterocycles. The molecule has 3 aromatic rings. The molecule has 0 aliphatic rings. The summed E-state index contributed by atoms with van der Waals surface area (Å²) in [4.78, 5) is 38.6. The minimum absolute atomic E-state index is 0.0527. The minimum Gasteiger partial charge on any atom is -0.309 e. The van der Waals surface area contributed by atoms with Crippen molar-refractivity contribution in [3.63, 3.8) is 0 Å². The van der Waals surface area contributed by atoms with Crippen LogP contribution in [0.3, 0.4) is 0 Å². The molecule has 0 bridgehead atoms. The Morgan fingerprint density at radius 1 is 1.10 bits per heavy atom. The van der Waals surface area contributed by atoms with Gasteiger partial charge in [-0.1, -0.05) is 17.4 Å². The zero-order chi connectivity index (χ0) is 22.0. The van der Waals surface area contributed by atoms with Gasteiger partial charge in [0.1, 0.15) is 6.54 Å². The van der Waals surface area contributed by atoms with E-state index in [0.29, 0.717) is 22.9 Å². The minimum atomic E-state index is -0.181. The molecule has 0 saturated heterocycles. The summed E-state index contributed by atoms with van der Waals surface area (Å²) >= 11 is 1.51. The Hall–Kier alpha value is -2.58. The highest BCUT2D eigenvalue weighted by atomic mass is 32.1. The topological polar surface area (TPSA) is 71.3 Å². The van der Waals surface area contributed by atoms with E-state index in [4.69, 9.17) is 4.98 Å². The van der Waals surface area contributed by atoms with Crippen LogP contribution in [-0.4, -0.2) is 52.5 Å².